The third-order valence-electron chi connectivity index (χ3n) is 6.50. The number of hydrogen-bond donors (Lipinski definition) is 1. The van der Waals surface area contributed by atoms with Gasteiger partial charge in [-0.2, -0.15) is 0 Å². The fourth-order valence-electron chi connectivity index (χ4n) is 4.68. The summed E-state index contributed by atoms with van der Waals surface area (Å²) < 4.78 is 0. The number of rotatable bonds is 4. The van der Waals surface area contributed by atoms with E-state index in [1.165, 1.54) is 0 Å². The van der Waals surface area contributed by atoms with Crippen LogP contribution >= 0.6 is 0 Å². The predicted octanol–water partition coefficient (Wildman–Crippen LogP) is -0.178. The fraction of sp³-hybridized carbons (Fsp3) is 0.895. The van der Waals surface area contributed by atoms with E-state index in [9.17, 15) is 9.59 Å². The SMILES string of the molecule is CC(C)N1CC[C@@H]2[C@H]1C(=O)NC[C@H](CCC(=O)N1CCN(C)CC1)N2C. The maximum atomic E-state index is 12.7. The number of nitrogens with one attached hydrogen (secondary N) is 1. The van der Waals surface area contributed by atoms with Crippen LogP contribution < -0.4 is 5.32 Å². The van der Waals surface area contributed by atoms with Gasteiger partial charge in [-0.1, -0.05) is 0 Å². The number of amides is 2. The second kappa shape index (κ2) is 8.23. The molecule has 0 aromatic carbocycles. The second-order valence-corrected chi connectivity index (χ2v) is 8.42. The summed E-state index contributed by atoms with van der Waals surface area (Å²) in [7, 11) is 4.23. The lowest BCUT2D eigenvalue weighted by molar-refractivity contribution is -0.133. The Morgan fingerprint density at radius 2 is 1.85 bits per heavy atom. The average molecular weight is 366 g/mol. The van der Waals surface area contributed by atoms with E-state index in [-0.39, 0.29) is 29.9 Å². The van der Waals surface area contributed by atoms with Crippen molar-refractivity contribution in [1.29, 1.82) is 0 Å². The number of carbonyl (C=O) groups is 2. The molecule has 0 unspecified atom stereocenters. The molecule has 26 heavy (non-hydrogen) atoms. The summed E-state index contributed by atoms with van der Waals surface area (Å²) in [6.07, 6.45) is 2.41. The highest BCUT2D eigenvalue weighted by Gasteiger charge is 2.45. The molecule has 7 nitrogen and oxygen atoms in total. The topological polar surface area (TPSA) is 59.1 Å². The zero-order chi connectivity index (χ0) is 18.8. The smallest absolute Gasteiger partial charge is 0.239 e. The van der Waals surface area contributed by atoms with Gasteiger partial charge in [-0.3, -0.25) is 19.4 Å². The summed E-state index contributed by atoms with van der Waals surface area (Å²) in [6.45, 7) is 9.52. The van der Waals surface area contributed by atoms with Crippen molar-refractivity contribution in [2.75, 3.05) is 53.4 Å². The van der Waals surface area contributed by atoms with E-state index in [2.05, 4.69) is 48.0 Å². The van der Waals surface area contributed by atoms with Crippen molar-refractivity contribution >= 4 is 11.8 Å². The van der Waals surface area contributed by atoms with Gasteiger partial charge in [-0.25, -0.2) is 0 Å². The Morgan fingerprint density at radius 1 is 1.15 bits per heavy atom. The molecule has 0 aromatic heterocycles. The third kappa shape index (κ3) is 4.05. The first-order valence-corrected chi connectivity index (χ1v) is 10.1. The predicted molar refractivity (Wildman–Crippen MR) is 102 cm³/mol. The number of likely N-dealkylation sites (tertiary alicyclic amines) is 1. The lowest BCUT2D eigenvalue weighted by Gasteiger charge is -2.35. The first kappa shape index (κ1) is 19.6. The van der Waals surface area contributed by atoms with Crippen LogP contribution in [0.1, 0.15) is 33.1 Å². The van der Waals surface area contributed by atoms with Gasteiger partial charge in [0, 0.05) is 63.8 Å². The Bertz CT molecular complexity index is 518. The van der Waals surface area contributed by atoms with Crippen LogP contribution in [0, 0.1) is 0 Å². The van der Waals surface area contributed by atoms with E-state index in [0.29, 0.717) is 19.0 Å². The van der Waals surface area contributed by atoms with Crippen LogP contribution in [0.25, 0.3) is 0 Å². The van der Waals surface area contributed by atoms with Crippen LogP contribution in [-0.4, -0.2) is 109 Å². The normalized spacial score (nSPS) is 31.8. The van der Waals surface area contributed by atoms with Crippen LogP contribution in [0.3, 0.4) is 0 Å². The lowest BCUT2D eigenvalue weighted by Crippen LogP contribution is -2.51. The maximum absolute atomic E-state index is 12.7. The molecule has 0 radical (unpaired) electrons. The standard InChI is InChI=1S/C19H35N5O2/c1-14(2)24-8-7-16-18(24)19(26)20-13-15(22(16)4)5-6-17(25)23-11-9-21(3)10-12-23/h14-16,18H,5-13H2,1-4H3,(H,20,26)/t15-,16+,18-/m0/s1. The molecule has 0 spiro atoms. The van der Waals surface area contributed by atoms with Gasteiger partial charge < -0.3 is 15.1 Å². The minimum atomic E-state index is -0.0571. The van der Waals surface area contributed by atoms with Crippen molar-refractivity contribution < 1.29 is 9.59 Å². The van der Waals surface area contributed by atoms with Gasteiger partial charge in [-0.05, 0) is 40.8 Å². The third-order valence-corrected chi connectivity index (χ3v) is 6.50. The molecule has 148 valence electrons. The monoisotopic (exact) mass is 365 g/mol. The maximum Gasteiger partial charge on any atom is 0.239 e. The molecule has 3 rings (SSSR count). The van der Waals surface area contributed by atoms with E-state index in [0.717, 1.165) is 45.6 Å². The average Bonchev–Trinajstić information content (AvgIpc) is 3.02. The van der Waals surface area contributed by atoms with Gasteiger partial charge in [0.15, 0.2) is 0 Å². The molecule has 3 heterocycles. The Balaban J connectivity index is 1.57. The summed E-state index contributed by atoms with van der Waals surface area (Å²) in [5, 5.41) is 3.14. The summed E-state index contributed by atoms with van der Waals surface area (Å²) in [5.41, 5.74) is 0. The number of nitrogens with zero attached hydrogens (tertiary/aromatic N) is 4. The van der Waals surface area contributed by atoms with Crippen LogP contribution in [0.15, 0.2) is 0 Å². The highest BCUT2D eigenvalue weighted by molar-refractivity contribution is 5.83. The first-order chi connectivity index (χ1) is 12.4. The Kier molecular flexibility index (Phi) is 6.20. The van der Waals surface area contributed by atoms with Crippen molar-refractivity contribution in [1.82, 2.24) is 24.9 Å². The van der Waals surface area contributed by atoms with E-state index in [4.69, 9.17) is 0 Å². The van der Waals surface area contributed by atoms with Crippen LogP contribution in [0.5, 0.6) is 0 Å². The lowest BCUT2D eigenvalue weighted by atomic mass is 10.0. The molecule has 1 N–H and O–H groups in total. The molecule has 3 aliphatic rings. The van der Waals surface area contributed by atoms with Crippen molar-refractivity contribution in [2.24, 2.45) is 0 Å². The molecule has 3 saturated heterocycles. The van der Waals surface area contributed by atoms with Crippen LogP contribution in [0.2, 0.25) is 0 Å². The summed E-state index contributed by atoms with van der Waals surface area (Å²) in [6, 6.07) is 0.805. The summed E-state index contributed by atoms with van der Waals surface area (Å²) in [4.78, 5) is 34.2. The van der Waals surface area contributed by atoms with Crippen LogP contribution in [0.4, 0.5) is 0 Å². The van der Waals surface area contributed by atoms with Crippen molar-refractivity contribution in [2.45, 2.75) is 57.3 Å². The molecular weight excluding hydrogens is 330 g/mol. The van der Waals surface area contributed by atoms with E-state index >= 15 is 0 Å². The highest BCUT2D eigenvalue weighted by atomic mass is 16.2. The molecule has 0 aliphatic carbocycles. The zero-order valence-corrected chi connectivity index (χ0v) is 16.8. The Labute approximate surface area is 157 Å². The second-order valence-electron chi connectivity index (χ2n) is 8.42. The molecule has 0 saturated carbocycles. The van der Waals surface area contributed by atoms with Gasteiger partial charge >= 0.3 is 0 Å². The van der Waals surface area contributed by atoms with E-state index in [1.807, 2.05) is 4.90 Å². The molecule has 3 fully saturated rings. The van der Waals surface area contributed by atoms with Crippen molar-refractivity contribution in [3.8, 4) is 0 Å². The summed E-state index contributed by atoms with van der Waals surface area (Å²) >= 11 is 0. The van der Waals surface area contributed by atoms with E-state index in [1.54, 1.807) is 0 Å². The molecule has 3 atom stereocenters. The molecule has 0 bridgehead atoms. The molecule has 0 aromatic rings. The quantitative estimate of drug-likeness (QED) is 0.749. The largest absolute Gasteiger partial charge is 0.353 e. The fourth-order valence-corrected chi connectivity index (χ4v) is 4.68. The minimum Gasteiger partial charge on any atom is -0.353 e. The number of carbonyl (C=O) groups excluding carboxylic acids is 2. The van der Waals surface area contributed by atoms with Crippen molar-refractivity contribution in [3.05, 3.63) is 0 Å². The highest BCUT2D eigenvalue weighted by Crippen LogP contribution is 2.28. The van der Waals surface area contributed by atoms with Gasteiger partial charge in [0.1, 0.15) is 6.04 Å². The van der Waals surface area contributed by atoms with Crippen molar-refractivity contribution in [3.63, 3.8) is 0 Å². The Morgan fingerprint density at radius 3 is 2.50 bits per heavy atom. The number of fused-ring (bicyclic) bond motifs is 1. The molecular formula is C19H35N5O2. The van der Waals surface area contributed by atoms with Gasteiger partial charge in [0.25, 0.3) is 0 Å². The minimum absolute atomic E-state index is 0.0571. The number of hydrogen-bond acceptors (Lipinski definition) is 5. The van der Waals surface area contributed by atoms with E-state index < -0.39 is 0 Å². The number of piperazine rings is 1. The zero-order valence-electron chi connectivity index (χ0n) is 16.8. The first-order valence-electron chi connectivity index (χ1n) is 10.1. The van der Waals surface area contributed by atoms with Crippen LogP contribution in [-0.2, 0) is 9.59 Å². The van der Waals surface area contributed by atoms with Gasteiger partial charge in [0.05, 0.1) is 0 Å². The summed E-state index contributed by atoms with van der Waals surface area (Å²) in [5.74, 6) is 0.412. The number of likely N-dealkylation sites (N-methyl/N-ethyl adjacent to an activating group) is 2. The molecule has 7 heteroatoms. The molecule has 3 aliphatic heterocycles. The van der Waals surface area contributed by atoms with Gasteiger partial charge in [0.2, 0.25) is 11.8 Å². The van der Waals surface area contributed by atoms with Gasteiger partial charge in [-0.15, -0.1) is 0 Å². The molecule has 2 amide bonds. The Hall–Kier alpha value is -1.18.